The highest BCUT2D eigenvalue weighted by Crippen LogP contribution is 2.28. The number of rotatable bonds is 6. The maximum Gasteiger partial charge on any atom is 0.387 e. The molecule has 0 spiro atoms. The summed E-state index contributed by atoms with van der Waals surface area (Å²) >= 11 is 5.93. The molecule has 7 heteroatoms. The van der Waals surface area contributed by atoms with E-state index in [0.29, 0.717) is 28.9 Å². The highest BCUT2D eigenvalue weighted by Gasteiger charge is 2.10. The van der Waals surface area contributed by atoms with Gasteiger partial charge in [0, 0.05) is 12.5 Å². The number of nitrogens with zero attached hydrogens (tertiary/aromatic N) is 2. The van der Waals surface area contributed by atoms with Crippen LogP contribution in [0.3, 0.4) is 0 Å². The first-order valence-electron chi connectivity index (χ1n) is 6.43. The summed E-state index contributed by atoms with van der Waals surface area (Å²) in [6.45, 7) is -0.888. The summed E-state index contributed by atoms with van der Waals surface area (Å²) in [5.41, 5.74) is 0.384. The van der Waals surface area contributed by atoms with E-state index in [9.17, 15) is 8.78 Å². The predicted octanol–water partition coefficient (Wildman–Crippen LogP) is 4.43. The van der Waals surface area contributed by atoms with Crippen molar-refractivity contribution in [2.24, 2.45) is 0 Å². The molecule has 0 saturated heterocycles. The smallest absolute Gasteiger partial charge is 0.387 e. The van der Waals surface area contributed by atoms with Crippen LogP contribution in [0.15, 0.2) is 30.3 Å². The van der Waals surface area contributed by atoms with Crippen LogP contribution < -0.4 is 10.1 Å². The molecule has 2 aromatic rings. The number of benzene rings is 1. The molecule has 0 atom stereocenters. The van der Waals surface area contributed by atoms with Crippen LogP contribution in [0, 0.1) is 0 Å². The van der Waals surface area contributed by atoms with E-state index in [4.69, 9.17) is 11.6 Å². The van der Waals surface area contributed by atoms with Gasteiger partial charge in [-0.3, -0.25) is 0 Å². The first kappa shape index (κ1) is 15.4. The van der Waals surface area contributed by atoms with Gasteiger partial charge >= 0.3 is 6.61 Å². The summed E-state index contributed by atoms with van der Waals surface area (Å²) < 4.78 is 29.2. The number of hydrogen-bond donors (Lipinski definition) is 1. The van der Waals surface area contributed by atoms with E-state index in [2.05, 4.69) is 20.0 Å². The Morgan fingerprint density at radius 3 is 2.76 bits per heavy atom. The van der Waals surface area contributed by atoms with Crippen molar-refractivity contribution >= 4 is 23.1 Å². The third-order valence-electron chi connectivity index (χ3n) is 2.58. The zero-order valence-corrected chi connectivity index (χ0v) is 12.1. The minimum absolute atomic E-state index is 0.0410. The second-order valence-electron chi connectivity index (χ2n) is 4.24. The summed E-state index contributed by atoms with van der Waals surface area (Å²) in [4.78, 5) is 8.39. The Bertz CT molecular complexity index is 611. The molecule has 0 unspecified atom stereocenters. The summed E-state index contributed by atoms with van der Waals surface area (Å²) in [6, 6.07) is 7.91. The summed E-state index contributed by atoms with van der Waals surface area (Å²) in [7, 11) is 0. The number of aromatic nitrogens is 2. The topological polar surface area (TPSA) is 47.0 Å². The third kappa shape index (κ3) is 4.53. The maximum atomic E-state index is 12.4. The Morgan fingerprint density at radius 1 is 1.29 bits per heavy atom. The molecule has 4 nitrogen and oxygen atoms in total. The molecule has 0 radical (unpaired) electrons. The van der Waals surface area contributed by atoms with E-state index in [1.165, 1.54) is 12.1 Å². The van der Waals surface area contributed by atoms with Crippen molar-refractivity contribution in [2.75, 3.05) is 5.32 Å². The van der Waals surface area contributed by atoms with Crippen LogP contribution in [0.5, 0.6) is 5.75 Å². The number of aryl methyl sites for hydroxylation is 1. The largest absolute Gasteiger partial charge is 0.433 e. The monoisotopic (exact) mass is 313 g/mol. The van der Waals surface area contributed by atoms with Crippen molar-refractivity contribution in [1.29, 1.82) is 0 Å². The molecule has 0 amide bonds. The molecular formula is C14H14ClF2N3O. The van der Waals surface area contributed by atoms with Gasteiger partial charge in [-0.25, -0.2) is 9.97 Å². The van der Waals surface area contributed by atoms with Gasteiger partial charge < -0.3 is 10.1 Å². The molecule has 112 valence electrons. The SMILES string of the molecule is CCCc1nc(Cl)cc(Nc2ccccc2OC(F)F)n1. The lowest BCUT2D eigenvalue weighted by atomic mass is 10.3. The predicted molar refractivity (Wildman–Crippen MR) is 77.4 cm³/mol. The number of ether oxygens (including phenoxy) is 1. The van der Waals surface area contributed by atoms with Gasteiger partial charge in [-0.1, -0.05) is 30.7 Å². The van der Waals surface area contributed by atoms with Crippen LogP contribution in [0.4, 0.5) is 20.3 Å². The van der Waals surface area contributed by atoms with Gasteiger partial charge in [0.05, 0.1) is 5.69 Å². The molecular weight excluding hydrogens is 300 g/mol. The van der Waals surface area contributed by atoms with Gasteiger partial charge in [0.15, 0.2) is 0 Å². The Kier molecular flexibility index (Phi) is 5.27. The highest BCUT2D eigenvalue weighted by molar-refractivity contribution is 6.29. The number of halogens is 3. The quantitative estimate of drug-likeness (QED) is 0.802. The van der Waals surface area contributed by atoms with Crippen LogP contribution in [-0.4, -0.2) is 16.6 Å². The van der Waals surface area contributed by atoms with Gasteiger partial charge in [0.25, 0.3) is 0 Å². The van der Waals surface area contributed by atoms with E-state index < -0.39 is 6.61 Å². The molecule has 1 N–H and O–H groups in total. The van der Waals surface area contributed by atoms with E-state index >= 15 is 0 Å². The molecule has 21 heavy (non-hydrogen) atoms. The second-order valence-corrected chi connectivity index (χ2v) is 4.63. The molecule has 2 rings (SSSR count). The first-order valence-corrected chi connectivity index (χ1v) is 6.80. The van der Waals surface area contributed by atoms with Crippen molar-refractivity contribution in [3.8, 4) is 5.75 Å². The molecule has 0 saturated carbocycles. The Hall–Kier alpha value is -1.95. The van der Waals surface area contributed by atoms with Crippen molar-refractivity contribution in [2.45, 2.75) is 26.4 Å². The van der Waals surface area contributed by atoms with E-state index in [0.717, 1.165) is 6.42 Å². The number of hydrogen-bond acceptors (Lipinski definition) is 4. The number of alkyl halides is 2. The molecule has 0 aliphatic rings. The van der Waals surface area contributed by atoms with E-state index in [1.54, 1.807) is 18.2 Å². The van der Waals surface area contributed by atoms with Crippen LogP contribution in [-0.2, 0) is 6.42 Å². The maximum absolute atomic E-state index is 12.4. The fraction of sp³-hybridized carbons (Fsp3) is 0.286. The fourth-order valence-corrected chi connectivity index (χ4v) is 1.97. The zero-order valence-electron chi connectivity index (χ0n) is 11.3. The van der Waals surface area contributed by atoms with Crippen LogP contribution >= 0.6 is 11.6 Å². The van der Waals surface area contributed by atoms with Crippen molar-refractivity contribution in [3.63, 3.8) is 0 Å². The summed E-state index contributed by atoms with van der Waals surface area (Å²) in [5, 5.41) is 3.22. The van der Waals surface area contributed by atoms with Crippen molar-refractivity contribution < 1.29 is 13.5 Å². The molecule has 0 aliphatic carbocycles. The lowest BCUT2D eigenvalue weighted by Gasteiger charge is -2.12. The molecule has 0 aliphatic heterocycles. The lowest BCUT2D eigenvalue weighted by Crippen LogP contribution is -2.05. The van der Waals surface area contributed by atoms with Crippen LogP contribution in [0.1, 0.15) is 19.2 Å². The van der Waals surface area contributed by atoms with E-state index in [1.807, 2.05) is 6.92 Å². The van der Waals surface area contributed by atoms with Crippen LogP contribution in [0.25, 0.3) is 0 Å². The van der Waals surface area contributed by atoms with Gasteiger partial charge in [0.1, 0.15) is 22.5 Å². The molecule has 0 fully saturated rings. The lowest BCUT2D eigenvalue weighted by molar-refractivity contribution is -0.0493. The second kappa shape index (κ2) is 7.17. The number of nitrogens with one attached hydrogen (secondary N) is 1. The van der Waals surface area contributed by atoms with Gasteiger partial charge in [-0.15, -0.1) is 0 Å². The number of anilines is 2. The summed E-state index contributed by atoms with van der Waals surface area (Å²) in [6.07, 6.45) is 1.56. The highest BCUT2D eigenvalue weighted by atomic mass is 35.5. The summed E-state index contributed by atoms with van der Waals surface area (Å²) in [5.74, 6) is 1.07. The molecule has 1 aromatic carbocycles. The van der Waals surface area contributed by atoms with Crippen molar-refractivity contribution in [1.82, 2.24) is 9.97 Å². The van der Waals surface area contributed by atoms with Crippen molar-refractivity contribution in [3.05, 3.63) is 41.3 Å². The fourth-order valence-electron chi connectivity index (χ4n) is 1.77. The van der Waals surface area contributed by atoms with Crippen LogP contribution in [0.2, 0.25) is 5.15 Å². The van der Waals surface area contributed by atoms with Gasteiger partial charge in [-0.2, -0.15) is 8.78 Å². The third-order valence-corrected chi connectivity index (χ3v) is 2.77. The average molecular weight is 314 g/mol. The Morgan fingerprint density at radius 2 is 2.05 bits per heavy atom. The number of para-hydroxylation sites is 2. The normalized spacial score (nSPS) is 10.7. The Balaban J connectivity index is 2.25. The molecule has 1 heterocycles. The Labute approximate surface area is 126 Å². The van der Waals surface area contributed by atoms with Gasteiger partial charge in [-0.05, 0) is 18.6 Å². The zero-order chi connectivity index (χ0) is 15.2. The minimum atomic E-state index is -2.89. The standard InChI is InChI=1S/C14H14ClF2N3O/c1-2-5-12-19-11(15)8-13(20-12)18-9-6-3-4-7-10(9)21-14(16)17/h3-4,6-8,14H,2,5H2,1H3,(H,18,19,20). The molecule has 0 bridgehead atoms. The molecule has 1 aromatic heterocycles. The average Bonchev–Trinajstić information content (AvgIpc) is 2.40. The van der Waals surface area contributed by atoms with Gasteiger partial charge in [0.2, 0.25) is 0 Å². The minimum Gasteiger partial charge on any atom is -0.433 e. The first-order chi connectivity index (χ1) is 10.1. The van der Waals surface area contributed by atoms with E-state index in [-0.39, 0.29) is 5.75 Å².